The van der Waals surface area contributed by atoms with Crippen LogP contribution >= 0.6 is 0 Å². The number of hydrogen-bond donors (Lipinski definition) is 0. The number of hydrogen-bond acceptors (Lipinski definition) is 2. The number of amides is 1. The minimum Gasteiger partial charge on any atom is -0.338 e. The zero-order valence-corrected chi connectivity index (χ0v) is 7.95. The van der Waals surface area contributed by atoms with E-state index in [2.05, 4.69) is 11.2 Å². The molecule has 0 aromatic carbocycles. The van der Waals surface area contributed by atoms with Gasteiger partial charge in [0, 0.05) is 13.1 Å². The summed E-state index contributed by atoms with van der Waals surface area (Å²) in [5.41, 5.74) is 0.464. The van der Waals surface area contributed by atoms with Gasteiger partial charge in [0.25, 0.3) is 5.91 Å². The summed E-state index contributed by atoms with van der Waals surface area (Å²) >= 11 is 0. The first kappa shape index (κ1) is 9.71. The van der Waals surface area contributed by atoms with Crippen LogP contribution in [0.5, 0.6) is 0 Å². The Labute approximate surface area is 78.4 Å². The highest BCUT2D eigenvalue weighted by atomic mass is 16.2. The molecule has 1 amide bonds. The van der Waals surface area contributed by atoms with E-state index in [1.54, 1.807) is 23.1 Å². The second-order valence-electron chi connectivity index (χ2n) is 2.63. The van der Waals surface area contributed by atoms with Crippen molar-refractivity contribution < 1.29 is 4.79 Å². The zero-order chi connectivity index (χ0) is 9.68. The van der Waals surface area contributed by atoms with Crippen LogP contribution in [0.3, 0.4) is 0 Å². The molecule has 0 atom stereocenters. The molecule has 0 aliphatic carbocycles. The maximum absolute atomic E-state index is 11.7. The van der Waals surface area contributed by atoms with E-state index in [9.17, 15) is 4.79 Å². The second kappa shape index (κ2) is 4.60. The van der Waals surface area contributed by atoms with Crippen LogP contribution in [0.4, 0.5) is 0 Å². The molecular weight excluding hydrogens is 164 g/mol. The van der Waals surface area contributed by atoms with Crippen molar-refractivity contribution in [2.45, 2.75) is 13.8 Å². The fraction of sp³-hybridized carbons (Fsp3) is 0.400. The van der Waals surface area contributed by atoms with Crippen molar-refractivity contribution in [1.82, 2.24) is 9.88 Å². The van der Waals surface area contributed by atoms with Crippen LogP contribution in [0.25, 0.3) is 0 Å². The van der Waals surface area contributed by atoms with Crippen LogP contribution in [-0.2, 0) is 0 Å². The summed E-state index contributed by atoms with van der Waals surface area (Å²) < 4.78 is 0. The molecule has 69 valence electrons. The van der Waals surface area contributed by atoms with Crippen molar-refractivity contribution >= 4 is 5.91 Å². The molecule has 0 fully saturated rings. The van der Waals surface area contributed by atoms with Crippen molar-refractivity contribution in [1.29, 1.82) is 0 Å². The van der Waals surface area contributed by atoms with Gasteiger partial charge in [-0.3, -0.25) is 4.79 Å². The highest BCUT2D eigenvalue weighted by Crippen LogP contribution is 1.99. The summed E-state index contributed by atoms with van der Waals surface area (Å²) in [6.07, 6.45) is 2.65. The molecule has 1 radical (unpaired) electrons. The standard InChI is InChI=1S/C10H13N2O/c1-3-12(4-2)10(13)9-7-5-6-8-11-9/h5-7H,3-4H2,1-2H3. The Hall–Kier alpha value is -1.38. The van der Waals surface area contributed by atoms with E-state index in [1.165, 1.54) is 0 Å². The summed E-state index contributed by atoms with van der Waals surface area (Å²) in [6, 6.07) is 5.15. The van der Waals surface area contributed by atoms with Crippen LogP contribution in [0.2, 0.25) is 0 Å². The third-order valence-corrected chi connectivity index (χ3v) is 1.88. The maximum atomic E-state index is 11.7. The molecule has 0 spiro atoms. The molecule has 0 bridgehead atoms. The van der Waals surface area contributed by atoms with Gasteiger partial charge in [-0.25, -0.2) is 4.98 Å². The van der Waals surface area contributed by atoms with Crippen LogP contribution < -0.4 is 0 Å². The number of carbonyl (C=O) groups excluding carboxylic acids is 1. The van der Waals surface area contributed by atoms with Crippen molar-refractivity contribution in [3.8, 4) is 0 Å². The molecule has 3 heteroatoms. The molecule has 1 aromatic rings. The Bertz CT molecular complexity index is 268. The summed E-state index contributed by atoms with van der Waals surface area (Å²) in [6.45, 7) is 5.33. The van der Waals surface area contributed by atoms with E-state index >= 15 is 0 Å². The van der Waals surface area contributed by atoms with E-state index in [0.29, 0.717) is 18.8 Å². The van der Waals surface area contributed by atoms with Gasteiger partial charge in [0.05, 0.1) is 6.20 Å². The third kappa shape index (κ3) is 2.28. The van der Waals surface area contributed by atoms with Crippen LogP contribution in [0.1, 0.15) is 24.3 Å². The summed E-state index contributed by atoms with van der Waals surface area (Å²) in [7, 11) is 0. The van der Waals surface area contributed by atoms with Gasteiger partial charge in [0.2, 0.25) is 0 Å². The first-order valence-electron chi connectivity index (χ1n) is 4.42. The lowest BCUT2D eigenvalue weighted by Gasteiger charge is -2.17. The maximum Gasteiger partial charge on any atom is 0.272 e. The van der Waals surface area contributed by atoms with Crippen LogP contribution in [0.15, 0.2) is 18.2 Å². The van der Waals surface area contributed by atoms with Gasteiger partial charge >= 0.3 is 0 Å². The first-order valence-corrected chi connectivity index (χ1v) is 4.42. The van der Waals surface area contributed by atoms with E-state index in [0.717, 1.165) is 0 Å². The minimum absolute atomic E-state index is 0.0261. The normalized spacial score (nSPS) is 9.69. The molecule has 0 saturated carbocycles. The lowest BCUT2D eigenvalue weighted by atomic mass is 10.3. The lowest BCUT2D eigenvalue weighted by molar-refractivity contribution is 0.0767. The molecule has 0 N–H and O–H groups in total. The predicted molar refractivity (Wildman–Crippen MR) is 50.3 cm³/mol. The summed E-state index contributed by atoms with van der Waals surface area (Å²) in [5.74, 6) is -0.0261. The second-order valence-corrected chi connectivity index (χ2v) is 2.63. The Balaban J connectivity index is 2.78. The lowest BCUT2D eigenvalue weighted by Crippen LogP contribution is -2.31. The zero-order valence-electron chi connectivity index (χ0n) is 7.95. The van der Waals surface area contributed by atoms with Crippen molar-refractivity contribution in [3.63, 3.8) is 0 Å². The Morgan fingerprint density at radius 1 is 1.54 bits per heavy atom. The molecule has 1 rings (SSSR count). The highest BCUT2D eigenvalue weighted by Gasteiger charge is 2.12. The largest absolute Gasteiger partial charge is 0.338 e. The minimum atomic E-state index is -0.0261. The van der Waals surface area contributed by atoms with Gasteiger partial charge in [-0.2, -0.15) is 0 Å². The van der Waals surface area contributed by atoms with Crippen molar-refractivity contribution in [3.05, 3.63) is 30.1 Å². The Morgan fingerprint density at radius 3 is 2.69 bits per heavy atom. The topological polar surface area (TPSA) is 33.2 Å². The highest BCUT2D eigenvalue weighted by molar-refractivity contribution is 5.92. The molecule has 1 aromatic heterocycles. The fourth-order valence-corrected chi connectivity index (χ4v) is 1.12. The smallest absolute Gasteiger partial charge is 0.272 e. The van der Waals surface area contributed by atoms with Gasteiger partial charge in [0.15, 0.2) is 0 Å². The molecule has 1 heterocycles. The fourth-order valence-electron chi connectivity index (χ4n) is 1.12. The monoisotopic (exact) mass is 177 g/mol. The van der Waals surface area contributed by atoms with E-state index in [-0.39, 0.29) is 5.91 Å². The number of carbonyl (C=O) groups is 1. The molecule has 0 saturated heterocycles. The quantitative estimate of drug-likeness (QED) is 0.698. The Morgan fingerprint density at radius 2 is 2.23 bits per heavy atom. The van der Waals surface area contributed by atoms with Crippen molar-refractivity contribution in [2.24, 2.45) is 0 Å². The van der Waals surface area contributed by atoms with Gasteiger partial charge in [-0.05, 0) is 26.0 Å². The average molecular weight is 177 g/mol. The number of rotatable bonds is 3. The molecular formula is C10H13N2O. The third-order valence-electron chi connectivity index (χ3n) is 1.88. The molecule has 13 heavy (non-hydrogen) atoms. The SMILES string of the molecule is CCN(CC)C(=O)c1ccc[c]n1. The predicted octanol–water partition coefficient (Wildman–Crippen LogP) is 1.36. The van der Waals surface area contributed by atoms with E-state index in [1.807, 2.05) is 13.8 Å². The Kier molecular flexibility index (Phi) is 3.43. The number of pyridine rings is 1. The van der Waals surface area contributed by atoms with Gasteiger partial charge in [-0.1, -0.05) is 6.07 Å². The average Bonchev–Trinajstić information content (AvgIpc) is 2.21. The van der Waals surface area contributed by atoms with E-state index < -0.39 is 0 Å². The first-order chi connectivity index (χ1) is 6.29. The van der Waals surface area contributed by atoms with Crippen LogP contribution in [-0.4, -0.2) is 28.9 Å². The van der Waals surface area contributed by atoms with Crippen LogP contribution in [0, 0.1) is 6.20 Å². The molecule has 0 aliphatic rings. The van der Waals surface area contributed by atoms with Gasteiger partial charge in [-0.15, -0.1) is 0 Å². The number of aromatic nitrogens is 1. The van der Waals surface area contributed by atoms with E-state index in [4.69, 9.17) is 0 Å². The molecule has 0 aliphatic heterocycles. The molecule has 0 unspecified atom stereocenters. The summed E-state index contributed by atoms with van der Waals surface area (Å²) in [5, 5.41) is 0. The molecule has 3 nitrogen and oxygen atoms in total. The van der Waals surface area contributed by atoms with Gasteiger partial charge < -0.3 is 4.90 Å². The van der Waals surface area contributed by atoms with Gasteiger partial charge in [0.1, 0.15) is 5.69 Å². The summed E-state index contributed by atoms with van der Waals surface area (Å²) in [4.78, 5) is 17.3. The van der Waals surface area contributed by atoms with Crippen molar-refractivity contribution in [2.75, 3.05) is 13.1 Å². The number of nitrogens with zero attached hydrogens (tertiary/aromatic N) is 2.